The third-order valence-corrected chi connectivity index (χ3v) is 3.27. The number of hydrogen-bond donors (Lipinski definition) is 1. The molecule has 1 N–H and O–H groups in total. The van der Waals surface area contributed by atoms with Gasteiger partial charge in [-0.15, -0.1) is 0 Å². The molecule has 1 aliphatic rings. The van der Waals surface area contributed by atoms with Gasteiger partial charge < -0.3 is 9.84 Å². The molecule has 2 unspecified atom stereocenters. The van der Waals surface area contributed by atoms with Gasteiger partial charge in [-0.05, 0) is 25.7 Å². The standard InChI is InChI=1S/C11H19N3O/c1-3-9-5-4-6-10(9)12-7-11-13-8(2)14-15-11/h9-10,12H,3-7H2,1-2H3. The highest BCUT2D eigenvalue weighted by atomic mass is 16.5. The second-order valence-corrected chi connectivity index (χ2v) is 4.32. The summed E-state index contributed by atoms with van der Waals surface area (Å²) in [6, 6.07) is 0.641. The highest BCUT2D eigenvalue weighted by Gasteiger charge is 2.25. The molecule has 4 heteroatoms. The fourth-order valence-corrected chi connectivity index (χ4v) is 2.42. The third kappa shape index (κ3) is 2.56. The van der Waals surface area contributed by atoms with Crippen LogP contribution in [0.15, 0.2) is 4.52 Å². The van der Waals surface area contributed by atoms with Gasteiger partial charge in [0, 0.05) is 6.04 Å². The lowest BCUT2D eigenvalue weighted by Gasteiger charge is -2.18. The van der Waals surface area contributed by atoms with Crippen molar-refractivity contribution < 1.29 is 4.52 Å². The second kappa shape index (κ2) is 4.75. The fourth-order valence-electron chi connectivity index (χ4n) is 2.42. The molecule has 1 heterocycles. The number of hydrogen-bond acceptors (Lipinski definition) is 4. The molecule has 0 amide bonds. The van der Waals surface area contributed by atoms with E-state index in [0.29, 0.717) is 24.3 Å². The molecule has 0 aromatic carbocycles. The summed E-state index contributed by atoms with van der Waals surface area (Å²) in [6.45, 7) is 4.82. The zero-order valence-corrected chi connectivity index (χ0v) is 9.49. The van der Waals surface area contributed by atoms with E-state index in [9.17, 15) is 0 Å². The van der Waals surface area contributed by atoms with Crippen molar-refractivity contribution in [2.24, 2.45) is 5.92 Å². The average Bonchev–Trinajstić information content (AvgIpc) is 2.83. The summed E-state index contributed by atoms with van der Waals surface area (Å²) < 4.78 is 5.07. The van der Waals surface area contributed by atoms with Crippen molar-refractivity contribution in [1.29, 1.82) is 0 Å². The highest BCUT2D eigenvalue weighted by molar-refractivity contribution is 4.86. The fraction of sp³-hybridized carbons (Fsp3) is 0.818. The van der Waals surface area contributed by atoms with E-state index in [4.69, 9.17) is 4.52 Å². The van der Waals surface area contributed by atoms with E-state index in [-0.39, 0.29) is 0 Å². The molecule has 1 saturated carbocycles. The van der Waals surface area contributed by atoms with E-state index >= 15 is 0 Å². The van der Waals surface area contributed by atoms with E-state index in [2.05, 4.69) is 22.4 Å². The van der Waals surface area contributed by atoms with E-state index in [1.54, 1.807) is 0 Å². The Morgan fingerprint density at radius 3 is 3.00 bits per heavy atom. The number of aromatic nitrogens is 2. The highest BCUT2D eigenvalue weighted by Crippen LogP contribution is 2.28. The van der Waals surface area contributed by atoms with Crippen molar-refractivity contribution in [3.63, 3.8) is 0 Å². The van der Waals surface area contributed by atoms with Crippen LogP contribution in [-0.2, 0) is 6.54 Å². The first-order valence-electron chi connectivity index (χ1n) is 5.82. The minimum Gasteiger partial charge on any atom is -0.338 e. The lowest BCUT2D eigenvalue weighted by Crippen LogP contribution is -2.31. The molecule has 0 bridgehead atoms. The quantitative estimate of drug-likeness (QED) is 0.824. The van der Waals surface area contributed by atoms with Gasteiger partial charge in [0.2, 0.25) is 5.89 Å². The van der Waals surface area contributed by atoms with Crippen LogP contribution in [0.5, 0.6) is 0 Å². The van der Waals surface area contributed by atoms with Gasteiger partial charge in [-0.3, -0.25) is 0 Å². The lowest BCUT2D eigenvalue weighted by molar-refractivity contribution is 0.331. The maximum atomic E-state index is 5.07. The van der Waals surface area contributed by atoms with Gasteiger partial charge in [-0.2, -0.15) is 4.98 Å². The first-order chi connectivity index (χ1) is 7.29. The van der Waals surface area contributed by atoms with E-state index in [1.165, 1.54) is 25.7 Å². The van der Waals surface area contributed by atoms with Crippen molar-refractivity contribution in [1.82, 2.24) is 15.5 Å². The number of nitrogens with one attached hydrogen (secondary N) is 1. The molecule has 0 radical (unpaired) electrons. The molecule has 0 saturated heterocycles. The molecule has 84 valence electrons. The van der Waals surface area contributed by atoms with Crippen LogP contribution in [0.1, 0.15) is 44.3 Å². The Bertz CT molecular complexity index is 311. The molecule has 1 aromatic rings. The first-order valence-corrected chi connectivity index (χ1v) is 5.82. The van der Waals surface area contributed by atoms with Crippen molar-refractivity contribution in [3.05, 3.63) is 11.7 Å². The summed E-state index contributed by atoms with van der Waals surface area (Å²) in [5.41, 5.74) is 0. The summed E-state index contributed by atoms with van der Waals surface area (Å²) >= 11 is 0. The number of aryl methyl sites for hydroxylation is 1. The van der Waals surface area contributed by atoms with E-state index < -0.39 is 0 Å². The van der Waals surface area contributed by atoms with Crippen molar-refractivity contribution in [2.75, 3.05) is 0 Å². The Kier molecular flexibility index (Phi) is 3.36. The lowest BCUT2D eigenvalue weighted by atomic mass is 10.0. The Labute approximate surface area is 90.4 Å². The number of nitrogens with zero attached hydrogens (tertiary/aromatic N) is 2. The van der Waals surface area contributed by atoms with Crippen LogP contribution in [0, 0.1) is 12.8 Å². The normalized spacial score (nSPS) is 26.0. The van der Waals surface area contributed by atoms with Crippen molar-refractivity contribution in [3.8, 4) is 0 Å². The molecule has 1 aliphatic carbocycles. The summed E-state index contributed by atoms with van der Waals surface area (Å²) in [4.78, 5) is 4.18. The zero-order valence-electron chi connectivity index (χ0n) is 9.49. The van der Waals surface area contributed by atoms with Crippen LogP contribution in [0.25, 0.3) is 0 Å². The summed E-state index contributed by atoms with van der Waals surface area (Å²) in [5.74, 6) is 2.24. The molecule has 4 nitrogen and oxygen atoms in total. The van der Waals surface area contributed by atoms with Crippen molar-refractivity contribution in [2.45, 2.75) is 52.1 Å². The monoisotopic (exact) mass is 209 g/mol. The maximum Gasteiger partial charge on any atom is 0.240 e. The summed E-state index contributed by atoms with van der Waals surface area (Å²) in [5, 5.41) is 7.29. The van der Waals surface area contributed by atoms with Gasteiger partial charge in [-0.1, -0.05) is 24.9 Å². The van der Waals surface area contributed by atoms with Crippen LogP contribution in [-0.4, -0.2) is 16.2 Å². The Balaban J connectivity index is 1.82. The predicted octanol–water partition coefficient (Wildman–Crippen LogP) is 2.05. The molecule has 0 spiro atoms. The van der Waals surface area contributed by atoms with Crippen LogP contribution in [0.2, 0.25) is 0 Å². The molecule has 1 aromatic heterocycles. The van der Waals surface area contributed by atoms with Gasteiger partial charge in [0.25, 0.3) is 0 Å². The van der Waals surface area contributed by atoms with Gasteiger partial charge in [0.1, 0.15) is 0 Å². The van der Waals surface area contributed by atoms with Crippen LogP contribution < -0.4 is 5.32 Å². The Morgan fingerprint density at radius 2 is 2.33 bits per heavy atom. The summed E-state index contributed by atoms with van der Waals surface area (Å²) in [6.07, 6.45) is 5.25. The van der Waals surface area contributed by atoms with Crippen LogP contribution >= 0.6 is 0 Å². The topological polar surface area (TPSA) is 51.0 Å². The van der Waals surface area contributed by atoms with Gasteiger partial charge in [0.15, 0.2) is 5.82 Å². The molecule has 1 fully saturated rings. The Morgan fingerprint density at radius 1 is 1.47 bits per heavy atom. The zero-order chi connectivity index (χ0) is 10.7. The predicted molar refractivity (Wildman–Crippen MR) is 57.3 cm³/mol. The molecule has 15 heavy (non-hydrogen) atoms. The number of rotatable bonds is 4. The second-order valence-electron chi connectivity index (χ2n) is 4.32. The minimum atomic E-state index is 0.641. The SMILES string of the molecule is CCC1CCCC1NCc1nc(C)no1. The van der Waals surface area contributed by atoms with Gasteiger partial charge >= 0.3 is 0 Å². The minimum absolute atomic E-state index is 0.641. The Hall–Kier alpha value is -0.900. The molecule has 2 rings (SSSR count). The molecule has 2 atom stereocenters. The van der Waals surface area contributed by atoms with Gasteiger partial charge in [0.05, 0.1) is 6.54 Å². The molecular weight excluding hydrogens is 190 g/mol. The van der Waals surface area contributed by atoms with Crippen LogP contribution in [0.4, 0.5) is 0 Å². The smallest absolute Gasteiger partial charge is 0.240 e. The molecule has 0 aliphatic heterocycles. The third-order valence-electron chi connectivity index (χ3n) is 3.27. The largest absolute Gasteiger partial charge is 0.338 e. The van der Waals surface area contributed by atoms with Crippen molar-refractivity contribution >= 4 is 0 Å². The first kappa shape index (κ1) is 10.6. The molecular formula is C11H19N3O. The average molecular weight is 209 g/mol. The van der Waals surface area contributed by atoms with Crippen LogP contribution in [0.3, 0.4) is 0 Å². The summed E-state index contributed by atoms with van der Waals surface area (Å²) in [7, 11) is 0. The maximum absolute atomic E-state index is 5.07. The van der Waals surface area contributed by atoms with E-state index in [0.717, 1.165) is 5.92 Å². The van der Waals surface area contributed by atoms with Gasteiger partial charge in [-0.25, -0.2) is 0 Å². The van der Waals surface area contributed by atoms with E-state index in [1.807, 2.05) is 6.92 Å².